The number of hydrogen-bond donors (Lipinski definition) is 0. The van der Waals surface area contributed by atoms with Crippen molar-refractivity contribution in [1.82, 2.24) is 0 Å². The lowest BCUT2D eigenvalue weighted by atomic mass is 10.2. The standard InChI is InChI=1S/C14H11Cl4N2.ClH/c15-10-2-1-9(12(17)5-10)7-19-3-4-20-8-11(16)6-13(18)14(19)20;/h1-2,5-6,8H,3-4,7H2;1H/q+1;/p-1. The molecule has 0 fully saturated rings. The third kappa shape index (κ3) is 3.52. The summed E-state index contributed by atoms with van der Waals surface area (Å²) in [6.45, 7) is 2.43. The van der Waals surface area contributed by atoms with Crippen LogP contribution in [0.15, 0.2) is 30.5 Å². The third-order valence-electron chi connectivity index (χ3n) is 3.32. The molecular weight excluding hydrogens is 373 g/mol. The summed E-state index contributed by atoms with van der Waals surface area (Å²) in [6, 6.07) is 7.30. The second kappa shape index (κ2) is 6.80. The highest BCUT2D eigenvalue weighted by molar-refractivity contribution is 6.36. The van der Waals surface area contributed by atoms with E-state index in [-0.39, 0.29) is 12.4 Å². The van der Waals surface area contributed by atoms with Crippen LogP contribution < -0.4 is 21.9 Å². The van der Waals surface area contributed by atoms with Gasteiger partial charge >= 0.3 is 0 Å². The number of fused-ring (bicyclic) bond motifs is 1. The smallest absolute Gasteiger partial charge is 0.296 e. The number of rotatable bonds is 2. The predicted octanol–water partition coefficient (Wildman–Crippen LogP) is 1.61. The third-order valence-corrected chi connectivity index (χ3v) is 4.39. The number of pyridine rings is 1. The summed E-state index contributed by atoms with van der Waals surface area (Å²) in [5, 5.41) is 2.60. The number of anilines is 1. The molecule has 0 atom stereocenters. The van der Waals surface area contributed by atoms with Crippen molar-refractivity contribution in [3.8, 4) is 0 Å². The lowest BCUT2D eigenvalue weighted by Crippen LogP contribution is -3.00. The van der Waals surface area contributed by atoms with Crippen LogP contribution in [0.4, 0.5) is 5.82 Å². The molecule has 0 bridgehead atoms. The Bertz CT molecular complexity index is 675. The Morgan fingerprint density at radius 3 is 2.43 bits per heavy atom. The van der Waals surface area contributed by atoms with Crippen molar-refractivity contribution in [3.05, 3.63) is 56.1 Å². The maximum atomic E-state index is 6.30. The molecular formula is C14H11Cl5N2. The highest BCUT2D eigenvalue weighted by Gasteiger charge is 2.31. The van der Waals surface area contributed by atoms with Crippen molar-refractivity contribution in [3.63, 3.8) is 0 Å². The van der Waals surface area contributed by atoms with Gasteiger partial charge in [-0.25, -0.2) is 4.57 Å². The fraction of sp³-hybridized carbons (Fsp3) is 0.214. The van der Waals surface area contributed by atoms with Crippen LogP contribution in [-0.2, 0) is 13.1 Å². The van der Waals surface area contributed by atoms with E-state index in [4.69, 9.17) is 46.4 Å². The van der Waals surface area contributed by atoms with E-state index in [1.807, 2.05) is 18.3 Å². The number of hydrogen-bond acceptors (Lipinski definition) is 1. The van der Waals surface area contributed by atoms with E-state index in [1.165, 1.54) is 0 Å². The molecule has 0 saturated carbocycles. The normalized spacial score (nSPS) is 13.0. The van der Waals surface area contributed by atoms with Crippen LogP contribution >= 0.6 is 46.4 Å². The maximum absolute atomic E-state index is 6.30. The van der Waals surface area contributed by atoms with Crippen molar-refractivity contribution in [2.45, 2.75) is 13.1 Å². The number of halogens is 5. The monoisotopic (exact) mass is 382 g/mol. The van der Waals surface area contributed by atoms with Gasteiger partial charge in [-0.15, -0.1) is 0 Å². The summed E-state index contributed by atoms with van der Waals surface area (Å²) < 4.78 is 2.06. The first kappa shape index (κ1) is 17.0. The molecule has 2 nitrogen and oxygen atoms in total. The molecule has 1 aromatic carbocycles. The molecule has 0 unspecified atom stereocenters. The molecule has 21 heavy (non-hydrogen) atoms. The number of nitrogens with zero attached hydrogens (tertiary/aromatic N) is 2. The average Bonchev–Trinajstić information content (AvgIpc) is 2.76. The molecule has 1 aliphatic rings. The summed E-state index contributed by atoms with van der Waals surface area (Å²) in [5.41, 5.74) is 1.02. The first-order valence-corrected chi connectivity index (χ1v) is 7.63. The maximum Gasteiger partial charge on any atom is 0.296 e. The molecule has 0 radical (unpaired) electrons. The number of benzene rings is 1. The summed E-state index contributed by atoms with van der Waals surface area (Å²) in [5.74, 6) is 0.974. The van der Waals surface area contributed by atoms with Gasteiger partial charge in [-0.2, -0.15) is 0 Å². The highest BCUT2D eigenvalue weighted by Crippen LogP contribution is 2.30. The first-order valence-electron chi connectivity index (χ1n) is 6.12. The predicted molar refractivity (Wildman–Crippen MR) is 84.2 cm³/mol. The quantitative estimate of drug-likeness (QED) is 0.714. The number of aromatic nitrogens is 1. The Labute approximate surface area is 149 Å². The van der Waals surface area contributed by atoms with Crippen molar-refractivity contribution in [2.24, 2.45) is 0 Å². The van der Waals surface area contributed by atoms with Gasteiger partial charge in [-0.3, -0.25) is 4.90 Å². The molecule has 2 heterocycles. The van der Waals surface area contributed by atoms with Gasteiger partial charge in [0.1, 0.15) is 30.9 Å². The lowest BCUT2D eigenvalue weighted by molar-refractivity contribution is -0.670. The molecule has 3 rings (SSSR count). The Hall–Kier alpha value is -0.380. The fourth-order valence-corrected chi connectivity index (χ4v) is 3.51. The Morgan fingerprint density at radius 1 is 1.00 bits per heavy atom. The van der Waals surface area contributed by atoms with E-state index in [2.05, 4.69) is 9.47 Å². The summed E-state index contributed by atoms with van der Waals surface area (Å²) in [6.07, 6.45) is 1.90. The van der Waals surface area contributed by atoms with Gasteiger partial charge in [0, 0.05) is 15.6 Å². The van der Waals surface area contributed by atoms with Gasteiger partial charge in [0.2, 0.25) is 0 Å². The molecule has 112 valence electrons. The van der Waals surface area contributed by atoms with E-state index in [0.29, 0.717) is 26.6 Å². The molecule has 1 aromatic heterocycles. The summed E-state index contributed by atoms with van der Waals surface area (Å²) in [4.78, 5) is 2.19. The van der Waals surface area contributed by atoms with E-state index >= 15 is 0 Å². The minimum atomic E-state index is 0. The lowest BCUT2D eigenvalue weighted by Gasteiger charge is -2.13. The van der Waals surface area contributed by atoms with Gasteiger partial charge in [-0.1, -0.05) is 52.5 Å². The Morgan fingerprint density at radius 2 is 1.71 bits per heavy atom. The van der Waals surface area contributed by atoms with Crippen LogP contribution in [-0.4, -0.2) is 6.54 Å². The second-order valence-corrected chi connectivity index (χ2v) is 6.37. The Balaban J connectivity index is 0.00000161. The first-order chi connectivity index (χ1) is 9.54. The molecule has 0 spiro atoms. The van der Waals surface area contributed by atoms with Crippen molar-refractivity contribution >= 4 is 52.2 Å². The molecule has 0 aliphatic carbocycles. The molecule has 2 aromatic rings. The molecule has 0 saturated heterocycles. The SMILES string of the molecule is Clc1ccc(CN2CC[n+]3cc(Cl)cc(Cl)c32)c(Cl)c1.[Cl-]. The van der Waals surface area contributed by atoms with Crippen LogP contribution in [0.3, 0.4) is 0 Å². The summed E-state index contributed by atoms with van der Waals surface area (Å²) >= 11 is 24.5. The second-order valence-electron chi connectivity index (χ2n) is 4.68. The zero-order valence-electron chi connectivity index (χ0n) is 10.8. The van der Waals surface area contributed by atoms with Crippen LogP contribution in [0.1, 0.15) is 5.56 Å². The van der Waals surface area contributed by atoms with Crippen LogP contribution in [0.25, 0.3) is 0 Å². The molecule has 1 aliphatic heterocycles. The van der Waals surface area contributed by atoms with E-state index in [0.717, 1.165) is 24.5 Å². The van der Waals surface area contributed by atoms with Crippen molar-refractivity contribution in [2.75, 3.05) is 11.4 Å². The average molecular weight is 385 g/mol. The van der Waals surface area contributed by atoms with E-state index < -0.39 is 0 Å². The molecule has 0 N–H and O–H groups in total. The van der Waals surface area contributed by atoms with Gasteiger partial charge < -0.3 is 12.4 Å². The zero-order chi connectivity index (χ0) is 14.3. The minimum Gasteiger partial charge on any atom is -1.00 e. The molecule has 7 heteroatoms. The van der Waals surface area contributed by atoms with Crippen molar-refractivity contribution in [1.29, 1.82) is 0 Å². The van der Waals surface area contributed by atoms with Gasteiger partial charge in [0.25, 0.3) is 5.82 Å². The van der Waals surface area contributed by atoms with Crippen LogP contribution in [0, 0.1) is 0 Å². The summed E-state index contributed by atoms with van der Waals surface area (Å²) in [7, 11) is 0. The topological polar surface area (TPSA) is 7.12 Å². The Kier molecular flexibility index (Phi) is 5.50. The van der Waals surface area contributed by atoms with Crippen LogP contribution in [0.5, 0.6) is 0 Å². The van der Waals surface area contributed by atoms with Crippen molar-refractivity contribution < 1.29 is 17.0 Å². The molecule has 0 amide bonds. The minimum absolute atomic E-state index is 0. The van der Waals surface area contributed by atoms with Crippen LogP contribution in [0.2, 0.25) is 20.1 Å². The highest BCUT2D eigenvalue weighted by atomic mass is 35.5. The fourth-order valence-electron chi connectivity index (χ4n) is 2.42. The largest absolute Gasteiger partial charge is 1.00 e. The van der Waals surface area contributed by atoms with Gasteiger partial charge in [0.05, 0.1) is 5.02 Å². The van der Waals surface area contributed by atoms with E-state index in [9.17, 15) is 0 Å². The van der Waals surface area contributed by atoms with Gasteiger partial charge in [-0.05, 0) is 18.2 Å². The van der Waals surface area contributed by atoms with Gasteiger partial charge in [0.15, 0.2) is 0 Å². The van der Waals surface area contributed by atoms with E-state index in [1.54, 1.807) is 12.1 Å². The zero-order valence-corrected chi connectivity index (χ0v) is 14.6.